The number of rotatable bonds is 7. The molecular weight excluding hydrogens is 244 g/mol. The Balaban J connectivity index is 2.05. The third-order valence-corrected chi connectivity index (χ3v) is 3.70. The van der Waals surface area contributed by atoms with E-state index in [4.69, 9.17) is 11.6 Å². The topological polar surface area (TPSA) is 15.3 Å². The Kier molecular flexibility index (Phi) is 4.90. The largest absolute Gasteiger partial charge is 0.374 e. The van der Waals surface area contributed by atoms with Crippen molar-refractivity contribution in [3.05, 3.63) is 28.8 Å². The Hall–Kier alpha value is -0.730. The lowest BCUT2D eigenvalue weighted by Gasteiger charge is -2.23. The van der Waals surface area contributed by atoms with Crippen molar-refractivity contribution in [2.24, 2.45) is 0 Å². The number of hydrogen-bond donors (Lipinski definition) is 1. The molecule has 1 N–H and O–H groups in total. The van der Waals surface area contributed by atoms with Crippen LogP contribution in [0.1, 0.15) is 38.2 Å². The molecule has 100 valence electrons. The summed E-state index contributed by atoms with van der Waals surface area (Å²) in [5.74, 6) is 0. The summed E-state index contributed by atoms with van der Waals surface area (Å²) < 4.78 is 0. The van der Waals surface area contributed by atoms with E-state index in [1.54, 1.807) is 0 Å². The summed E-state index contributed by atoms with van der Waals surface area (Å²) in [6.07, 6.45) is 5.10. The van der Waals surface area contributed by atoms with Gasteiger partial charge in [0.05, 0.1) is 0 Å². The molecule has 0 atom stereocenters. The quantitative estimate of drug-likeness (QED) is 0.807. The zero-order chi connectivity index (χ0) is 13.0. The van der Waals surface area contributed by atoms with Gasteiger partial charge >= 0.3 is 0 Å². The Labute approximate surface area is 115 Å². The Morgan fingerprint density at radius 3 is 2.83 bits per heavy atom. The number of hydrogen-bond acceptors (Lipinski definition) is 2. The zero-order valence-corrected chi connectivity index (χ0v) is 12.1. The van der Waals surface area contributed by atoms with Crippen molar-refractivity contribution in [2.45, 2.75) is 45.2 Å². The van der Waals surface area contributed by atoms with Gasteiger partial charge in [0.1, 0.15) is 0 Å². The zero-order valence-electron chi connectivity index (χ0n) is 11.4. The fourth-order valence-corrected chi connectivity index (χ4v) is 2.27. The minimum atomic E-state index is 0.745. The lowest BCUT2D eigenvalue weighted by Crippen LogP contribution is -2.22. The summed E-state index contributed by atoms with van der Waals surface area (Å²) in [5.41, 5.74) is 2.62. The normalized spacial score (nSPS) is 14.8. The van der Waals surface area contributed by atoms with Crippen molar-refractivity contribution in [3.8, 4) is 0 Å². The van der Waals surface area contributed by atoms with Crippen molar-refractivity contribution in [2.75, 3.05) is 18.5 Å². The molecule has 1 aromatic rings. The average molecular weight is 267 g/mol. The van der Waals surface area contributed by atoms with Crippen LogP contribution in [0, 0.1) is 0 Å². The molecule has 1 aromatic carbocycles. The molecule has 0 aromatic heterocycles. The highest BCUT2D eigenvalue weighted by atomic mass is 35.5. The van der Waals surface area contributed by atoms with Crippen LogP contribution in [0.2, 0.25) is 5.02 Å². The lowest BCUT2D eigenvalue weighted by molar-refractivity contribution is 0.683. The van der Waals surface area contributed by atoms with Gasteiger partial charge in [-0.1, -0.05) is 31.0 Å². The Morgan fingerprint density at radius 2 is 2.17 bits per heavy atom. The highest BCUT2D eigenvalue weighted by Gasteiger charge is 2.20. The van der Waals surface area contributed by atoms with Gasteiger partial charge in [0.25, 0.3) is 0 Å². The first-order valence-corrected chi connectivity index (χ1v) is 7.31. The van der Waals surface area contributed by atoms with E-state index in [0.29, 0.717) is 0 Å². The van der Waals surface area contributed by atoms with Crippen LogP contribution in [0.15, 0.2) is 18.2 Å². The van der Waals surface area contributed by atoms with Crippen LogP contribution in [0.25, 0.3) is 0 Å². The summed E-state index contributed by atoms with van der Waals surface area (Å²) in [6, 6.07) is 6.97. The van der Waals surface area contributed by atoms with Gasteiger partial charge in [-0.3, -0.25) is 0 Å². The van der Waals surface area contributed by atoms with E-state index in [1.165, 1.54) is 36.9 Å². The van der Waals surface area contributed by atoms with Crippen LogP contribution in [-0.2, 0) is 6.54 Å². The van der Waals surface area contributed by atoms with Gasteiger partial charge in [0.2, 0.25) is 0 Å². The summed E-state index contributed by atoms with van der Waals surface area (Å²) in [5, 5.41) is 4.40. The molecule has 2 nitrogen and oxygen atoms in total. The van der Waals surface area contributed by atoms with Crippen LogP contribution in [-0.4, -0.2) is 19.6 Å². The molecule has 1 aliphatic rings. The molecule has 0 heterocycles. The molecule has 0 aliphatic heterocycles. The monoisotopic (exact) mass is 266 g/mol. The SMILES string of the molecule is CCCCN(C)c1cc(Cl)ccc1CNC1CC1. The molecule has 1 fully saturated rings. The maximum Gasteiger partial charge on any atom is 0.0426 e. The van der Waals surface area contributed by atoms with Crippen LogP contribution in [0.3, 0.4) is 0 Å². The summed E-state index contributed by atoms with van der Waals surface area (Å²) in [4.78, 5) is 2.32. The van der Waals surface area contributed by atoms with Crippen molar-refractivity contribution >= 4 is 17.3 Å². The van der Waals surface area contributed by atoms with Gasteiger partial charge < -0.3 is 10.2 Å². The molecule has 0 unspecified atom stereocenters. The molecule has 3 heteroatoms. The summed E-state index contributed by atoms with van der Waals surface area (Å²) in [6.45, 7) is 4.27. The highest BCUT2D eigenvalue weighted by Crippen LogP contribution is 2.26. The van der Waals surface area contributed by atoms with Crippen molar-refractivity contribution in [1.82, 2.24) is 5.32 Å². The second-order valence-corrected chi connectivity index (χ2v) is 5.64. The van der Waals surface area contributed by atoms with E-state index in [1.807, 2.05) is 6.07 Å². The number of benzene rings is 1. The lowest BCUT2D eigenvalue weighted by atomic mass is 10.1. The predicted molar refractivity (Wildman–Crippen MR) is 79.5 cm³/mol. The first-order chi connectivity index (χ1) is 8.70. The Bertz CT molecular complexity index is 388. The molecular formula is C15H23ClN2. The predicted octanol–water partition coefficient (Wildman–Crippen LogP) is 3.83. The molecule has 0 saturated heterocycles. The Morgan fingerprint density at radius 1 is 1.39 bits per heavy atom. The molecule has 0 spiro atoms. The van der Waals surface area contributed by atoms with Gasteiger partial charge in [-0.15, -0.1) is 0 Å². The van der Waals surface area contributed by atoms with Gasteiger partial charge in [-0.25, -0.2) is 0 Å². The van der Waals surface area contributed by atoms with E-state index >= 15 is 0 Å². The number of nitrogens with zero attached hydrogens (tertiary/aromatic N) is 1. The van der Waals surface area contributed by atoms with E-state index in [0.717, 1.165) is 24.2 Å². The molecule has 0 radical (unpaired) electrons. The van der Waals surface area contributed by atoms with E-state index in [2.05, 4.69) is 36.3 Å². The molecule has 18 heavy (non-hydrogen) atoms. The van der Waals surface area contributed by atoms with Gasteiger partial charge in [0.15, 0.2) is 0 Å². The number of unbranched alkanes of at least 4 members (excludes halogenated alkanes) is 1. The van der Waals surface area contributed by atoms with Crippen molar-refractivity contribution < 1.29 is 0 Å². The number of anilines is 1. The molecule has 0 amide bonds. The van der Waals surface area contributed by atoms with Gasteiger partial charge in [0, 0.05) is 36.9 Å². The molecule has 0 bridgehead atoms. The summed E-state index contributed by atoms with van der Waals surface area (Å²) in [7, 11) is 2.15. The standard InChI is InChI=1S/C15H23ClN2/c1-3-4-9-18(2)15-10-13(16)6-5-12(15)11-17-14-7-8-14/h5-6,10,14,17H,3-4,7-9,11H2,1-2H3. The van der Waals surface area contributed by atoms with Crippen molar-refractivity contribution in [3.63, 3.8) is 0 Å². The van der Waals surface area contributed by atoms with E-state index in [9.17, 15) is 0 Å². The van der Waals surface area contributed by atoms with E-state index in [-0.39, 0.29) is 0 Å². The molecule has 1 aliphatic carbocycles. The minimum Gasteiger partial charge on any atom is -0.374 e. The van der Waals surface area contributed by atoms with Crippen LogP contribution >= 0.6 is 11.6 Å². The van der Waals surface area contributed by atoms with Gasteiger partial charge in [-0.05, 0) is 37.0 Å². The molecule has 1 saturated carbocycles. The number of nitrogens with one attached hydrogen (secondary N) is 1. The van der Waals surface area contributed by atoms with Gasteiger partial charge in [-0.2, -0.15) is 0 Å². The summed E-state index contributed by atoms with van der Waals surface area (Å²) >= 11 is 6.12. The third kappa shape index (κ3) is 3.89. The fraction of sp³-hybridized carbons (Fsp3) is 0.600. The maximum absolute atomic E-state index is 6.12. The fourth-order valence-electron chi connectivity index (χ4n) is 2.10. The first-order valence-electron chi connectivity index (χ1n) is 6.93. The van der Waals surface area contributed by atoms with Crippen LogP contribution in [0.5, 0.6) is 0 Å². The minimum absolute atomic E-state index is 0.745. The first kappa shape index (κ1) is 13.7. The maximum atomic E-state index is 6.12. The third-order valence-electron chi connectivity index (χ3n) is 3.46. The highest BCUT2D eigenvalue weighted by molar-refractivity contribution is 6.30. The second kappa shape index (κ2) is 6.44. The van der Waals surface area contributed by atoms with Crippen LogP contribution in [0.4, 0.5) is 5.69 Å². The molecule has 2 rings (SSSR count). The van der Waals surface area contributed by atoms with Crippen molar-refractivity contribution in [1.29, 1.82) is 0 Å². The van der Waals surface area contributed by atoms with Crippen LogP contribution < -0.4 is 10.2 Å². The average Bonchev–Trinajstić information content (AvgIpc) is 3.18. The second-order valence-electron chi connectivity index (χ2n) is 5.20. The van der Waals surface area contributed by atoms with E-state index < -0.39 is 0 Å². The smallest absolute Gasteiger partial charge is 0.0426 e. The number of halogens is 1.